The van der Waals surface area contributed by atoms with Gasteiger partial charge in [-0.3, -0.25) is 4.79 Å². The van der Waals surface area contributed by atoms with Gasteiger partial charge < -0.3 is 4.57 Å². The van der Waals surface area contributed by atoms with E-state index in [4.69, 9.17) is 11.6 Å². The first kappa shape index (κ1) is 9.21. The Morgan fingerprint density at radius 2 is 2.14 bits per heavy atom. The highest BCUT2D eigenvalue weighted by atomic mass is 35.5. The van der Waals surface area contributed by atoms with E-state index in [9.17, 15) is 4.79 Å². The number of halogens is 1. The molecule has 0 fully saturated rings. The van der Waals surface area contributed by atoms with Crippen LogP contribution in [0, 0.1) is 6.92 Å². The Bertz CT molecular complexity index is 560. The SMILES string of the molecule is Cc1ccc2nc(Cl)c(=O)n(C)c2c1. The van der Waals surface area contributed by atoms with Gasteiger partial charge in [-0.25, -0.2) is 4.98 Å². The highest BCUT2D eigenvalue weighted by molar-refractivity contribution is 6.29. The lowest BCUT2D eigenvalue weighted by Crippen LogP contribution is -2.18. The predicted molar refractivity (Wildman–Crippen MR) is 56.7 cm³/mol. The first-order valence-corrected chi connectivity index (χ1v) is 4.60. The normalized spacial score (nSPS) is 10.8. The molecule has 0 saturated carbocycles. The van der Waals surface area contributed by atoms with Crippen molar-refractivity contribution in [1.29, 1.82) is 0 Å². The van der Waals surface area contributed by atoms with Crippen LogP contribution in [0.25, 0.3) is 11.0 Å². The monoisotopic (exact) mass is 208 g/mol. The minimum absolute atomic E-state index is 0.0175. The van der Waals surface area contributed by atoms with E-state index >= 15 is 0 Å². The van der Waals surface area contributed by atoms with Crippen molar-refractivity contribution in [2.24, 2.45) is 7.05 Å². The molecule has 1 heterocycles. The van der Waals surface area contributed by atoms with Gasteiger partial charge >= 0.3 is 0 Å². The minimum atomic E-state index is -0.259. The Labute approximate surface area is 86.0 Å². The molecule has 2 aromatic rings. The lowest BCUT2D eigenvalue weighted by molar-refractivity contribution is 0.891. The summed E-state index contributed by atoms with van der Waals surface area (Å²) in [6.45, 7) is 1.97. The molecular formula is C10H9ClN2O. The zero-order valence-electron chi connectivity index (χ0n) is 7.91. The second kappa shape index (κ2) is 3.10. The molecule has 1 aromatic heterocycles. The van der Waals surface area contributed by atoms with E-state index in [1.54, 1.807) is 7.05 Å². The lowest BCUT2D eigenvalue weighted by Gasteiger charge is -2.04. The number of rotatable bonds is 0. The van der Waals surface area contributed by atoms with Crippen molar-refractivity contribution in [2.75, 3.05) is 0 Å². The molecule has 0 saturated heterocycles. The fourth-order valence-electron chi connectivity index (χ4n) is 1.40. The number of fused-ring (bicyclic) bond motifs is 1. The molecular weight excluding hydrogens is 200 g/mol. The number of hydrogen-bond acceptors (Lipinski definition) is 2. The zero-order valence-corrected chi connectivity index (χ0v) is 8.67. The van der Waals surface area contributed by atoms with Crippen LogP contribution in [-0.4, -0.2) is 9.55 Å². The maximum Gasteiger partial charge on any atom is 0.288 e. The summed E-state index contributed by atoms with van der Waals surface area (Å²) in [6, 6.07) is 5.71. The van der Waals surface area contributed by atoms with Crippen LogP contribution in [-0.2, 0) is 7.05 Å². The predicted octanol–water partition coefficient (Wildman–Crippen LogP) is 1.90. The first-order chi connectivity index (χ1) is 6.59. The maximum atomic E-state index is 11.5. The van der Waals surface area contributed by atoms with Crippen LogP contribution in [0.15, 0.2) is 23.0 Å². The Balaban J connectivity index is 2.99. The summed E-state index contributed by atoms with van der Waals surface area (Å²) in [5.74, 6) is 0. The van der Waals surface area contributed by atoms with Gasteiger partial charge in [0.05, 0.1) is 11.0 Å². The molecule has 0 spiro atoms. The summed E-state index contributed by atoms with van der Waals surface area (Å²) in [4.78, 5) is 15.5. The average Bonchev–Trinajstić information content (AvgIpc) is 2.16. The molecule has 2 rings (SSSR count). The fraction of sp³-hybridized carbons (Fsp3) is 0.200. The number of nitrogens with zero attached hydrogens (tertiary/aromatic N) is 2. The third-order valence-corrected chi connectivity index (χ3v) is 2.44. The van der Waals surface area contributed by atoms with E-state index in [-0.39, 0.29) is 10.7 Å². The highest BCUT2D eigenvalue weighted by Crippen LogP contribution is 2.13. The van der Waals surface area contributed by atoms with Gasteiger partial charge in [0.25, 0.3) is 5.56 Å². The number of benzene rings is 1. The van der Waals surface area contributed by atoms with E-state index in [0.717, 1.165) is 16.6 Å². The van der Waals surface area contributed by atoms with E-state index in [1.807, 2.05) is 25.1 Å². The van der Waals surface area contributed by atoms with Crippen LogP contribution in [0.5, 0.6) is 0 Å². The third kappa shape index (κ3) is 1.30. The molecule has 0 unspecified atom stereocenters. The summed E-state index contributed by atoms with van der Waals surface area (Å²) in [5, 5.41) is 0.0175. The Kier molecular flexibility index (Phi) is 2.04. The van der Waals surface area contributed by atoms with Gasteiger partial charge in [0.15, 0.2) is 5.15 Å². The topological polar surface area (TPSA) is 34.9 Å². The summed E-state index contributed by atoms with van der Waals surface area (Å²) in [6.07, 6.45) is 0. The standard InChI is InChI=1S/C10H9ClN2O/c1-6-3-4-7-8(5-6)13(2)10(14)9(11)12-7/h3-5H,1-2H3. The van der Waals surface area contributed by atoms with E-state index in [2.05, 4.69) is 4.98 Å². The first-order valence-electron chi connectivity index (χ1n) is 4.22. The number of hydrogen-bond donors (Lipinski definition) is 0. The van der Waals surface area contributed by atoms with Gasteiger partial charge in [0.1, 0.15) is 0 Å². The smallest absolute Gasteiger partial charge is 0.288 e. The van der Waals surface area contributed by atoms with Crippen molar-refractivity contribution in [1.82, 2.24) is 9.55 Å². The van der Waals surface area contributed by atoms with Crippen molar-refractivity contribution in [2.45, 2.75) is 6.92 Å². The van der Waals surface area contributed by atoms with Crippen molar-refractivity contribution in [3.05, 3.63) is 39.3 Å². The van der Waals surface area contributed by atoms with Crippen LogP contribution in [0.1, 0.15) is 5.56 Å². The second-order valence-electron chi connectivity index (χ2n) is 3.26. The van der Waals surface area contributed by atoms with Crippen LogP contribution < -0.4 is 5.56 Å². The van der Waals surface area contributed by atoms with E-state index in [0.29, 0.717) is 0 Å². The number of aryl methyl sites for hydroxylation is 2. The Hall–Kier alpha value is -1.35. The summed E-state index contributed by atoms with van der Waals surface area (Å²) in [7, 11) is 1.69. The molecule has 0 aliphatic carbocycles. The summed E-state index contributed by atoms with van der Waals surface area (Å²) < 4.78 is 1.51. The van der Waals surface area contributed by atoms with Crippen LogP contribution >= 0.6 is 11.6 Å². The van der Waals surface area contributed by atoms with Gasteiger partial charge in [-0.1, -0.05) is 17.7 Å². The fourth-order valence-corrected chi connectivity index (χ4v) is 1.62. The van der Waals surface area contributed by atoms with Gasteiger partial charge in [-0.2, -0.15) is 0 Å². The van der Waals surface area contributed by atoms with E-state index in [1.165, 1.54) is 4.57 Å². The molecule has 3 nitrogen and oxygen atoms in total. The third-order valence-electron chi connectivity index (χ3n) is 2.19. The molecule has 0 radical (unpaired) electrons. The lowest BCUT2D eigenvalue weighted by atomic mass is 10.2. The van der Waals surface area contributed by atoms with Crippen molar-refractivity contribution < 1.29 is 0 Å². The molecule has 1 aromatic carbocycles. The van der Waals surface area contributed by atoms with Crippen molar-refractivity contribution in [3.8, 4) is 0 Å². The van der Waals surface area contributed by atoms with E-state index < -0.39 is 0 Å². The van der Waals surface area contributed by atoms with Crippen LogP contribution in [0.3, 0.4) is 0 Å². The maximum absolute atomic E-state index is 11.5. The Morgan fingerprint density at radius 3 is 2.86 bits per heavy atom. The molecule has 72 valence electrons. The minimum Gasteiger partial charge on any atom is -0.307 e. The average molecular weight is 209 g/mol. The second-order valence-corrected chi connectivity index (χ2v) is 3.62. The summed E-state index contributed by atoms with van der Waals surface area (Å²) >= 11 is 5.69. The highest BCUT2D eigenvalue weighted by Gasteiger charge is 2.05. The van der Waals surface area contributed by atoms with Crippen molar-refractivity contribution >= 4 is 22.6 Å². The quantitative estimate of drug-likeness (QED) is 0.663. The summed E-state index contributed by atoms with van der Waals surface area (Å²) in [5.41, 5.74) is 2.38. The van der Waals surface area contributed by atoms with Gasteiger partial charge in [0.2, 0.25) is 0 Å². The van der Waals surface area contributed by atoms with Crippen LogP contribution in [0.2, 0.25) is 5.15 Å². The van der Waals surface area contributed by atoms with Gasteiger partial charge in [0, 0.05) is 7.05 Å². The number of aromatic nitrogens is 2. The molecule has 0 bridgehead atoms. The van der Waals surface area contributed by atoms with Crippen molar-refractivity contribution in [3.63, 3.8) is 0 Å². The molecule has 0 amide bonds. The Morgan fingerprint density at radius 1 is 1.43 bits per heavy atom. The zero-order chi connectivity index (χ0) is 10.3. The molecule has 0 atom stereocenters. The van der Waals surface area contributed by atoms with Gasteiger partial charge in [-0.15, -0.1) is 0 Å². The largest absolute Gasteiger partial charge is 0.307 e. The van der Waals surface area contributed by atoms with Gasteiger partial charge in [-0.05, 0) is 24.6 Å². The molecule has 4 heteroatoms. The molecule has 14 heavy (non-hydrogen) atoms. The molecule has 0 aliphatic rings. The molecule has 0 aliphatic heterocycles. The van der Waals surface area contributed by atoms with Crippen LogP contribution in [0.4, 0.5) is 0 Å². The molecule has 0 N–H and O–H groups in total.